The summed E-state index contributed by atoms with van der Waals surface area (Å²) in [6.45, 7) is 3.88. The molecular formula is C10H19N5O4. The van der Waals surface area contributed by atoms with E-state index in [1.807, 2.05) is 0 Å². The smallest absolute Gasteiger partial charge is 0.428 e. The maximum Gasteiger partial charge on any atom is 0.428 e. The zero-order chi connectivity index (χ0) is 14.3. The number of nitrogens with zero attached hydrogens (tertiary/aromatic N) is 2. The summed E-state index contributed by atoms with van der Waals surface area (Å²) in [4.78, 5) is 35.4. The fraction of sp³-hybridized carbons (Fsp3) is 0.700. The van der Waals surface area contributed by atoms with Gasteiger partial charge in [0.15, 0.2) is 0 Å². The third-order valence-corrected chi connectivity index (χ3v) is 2.42. The molecule has 9 nitrogen and oxygen atoms in total. The Bertz CT molecular complexity index is 349. The van der Waals surface area contributed by atoms with E-state index in [1.165, 1.54) is 7.05 Å². The molecule has 0 bridgehead atoms. The molecule has 1 fully saturated rings. The zero-order valence-electron chi connectivity index (χ0n) is 11.1. The van der Waals surface area contributed by atoms with Crippen molar-refractivity contribution in [3.8, 4) is 0 Å². The molecule has 0 aromatic carbocycles. The molecule has 0 aliphatic carbocycles. The second-order valence-electron chi connectivity index (χ2n) is 3.84. The molecule has 5 amide bonds. The molecule has 9 heteroatoms. The van der Waals surface area contributed by atoms with Crippen LogP contribution in [0.5, 0.6) is 0 Å². The van der Waals surface area contributed by atoms with Gasteiger partial charge in [0.25, 0.3) is 0 Å². The Morgan fingerprint density at radius 1 is 1.53 bits per heavy atom. The maximum atomic E-state index is 11.4. The summed E-state index contributed by atoms with van der Waals surface area (Å²) in [5, 5.41) is 6.14. The van der Waals surface area contributed by atoms with Gasteiger partial charge >= 0.3 is 18.2 Å². The highest BCUT2D eigenvalue weighted by atomic mass is 16.6. The van der Waals surface area contributed by atoms with Crippen LogP contribution in [-0.4, -0.2) is 67.9 Å². The molecule has 0 unspecified atom stereocenters. The molecule has 0 saturated carbocycles. The van der Waals surface area contributed by atoms with Gasteiger partial charge in [-0.1, -0.05) is 0 Å². The summed E-state index contributed by atoms with van der Waals surface area (Å²) in [5.41, 5.74) is 2.29. The van der Waals surface area contributed by atoms with Crippen LogP contribution in [0.15, 0.2) is 0 Å². The zero-order valence-corrected chi connectivity index (χ0v) is 11.1. The van der Waals surface area contributed by atoms with Crippen molar-refractivity contribution in [2.45, 2.75) is 6.92 Å². The van der Waals surface area contributed by atoms with Gasteiger partial charge in [0.1, 0.15) is 0 Å². The van der Waals surface area contributed by atoms with E-state index in [9.17, 15) is 14.4 Å². The number of carbonyl (C=O) groups is 3. The van der Waals surface area contributed by atoms with E-state index in [2.05, 4.69) is 20.8 Å². The molecule has 1 aliphatic rings. The Morgan fingerprint density at radius 3 is 2.84 bits per heavy atom. The van der Waals surface area contributed by atoms with Crippen molar-refractivity contribution in [2.24, 2.45) is 0 Å². The van der Waals surface area contributed by atoms with Crippen molar-refractivity contribution in [1.82, 2.24) is 26.0 Å². The van der Waals surface area contributed by atoms with Gasteiger partial charge in [-0.3, -0.25) is 0 Å². The van der Waals surface area contributed by atoms with Crippen LogP contribution in [0, 0.1) is 0 Å². The molecule has 0 atom stereocenters. The second kappa shape index (κ2) is 7.29. The molecule has 19 heavy (non-hydrogen) atoms. The lowest BCUT2D eigenvalue weighted by Crippen LogP contribution is -2.49. The number of rotatable bonds is 4. The number of urea groups is 2. The van der Waals surface area contributed by atoms with E-state index in [0.717, 1.165) is 5.01 Å². The van der Waals surface area contributed by atoms with Gasteiger partial charge in [-0.25, -0.2) is 24.8 Å². The van der Waals surface area contributed by atoms with Gasteiger partial charge < -0.3 is 20.3 Å². The summed E-state index contributed by atoms with van der Waals surface area (Å²) in [5.74, 6) is 0. The van der Waals surface area contributed by atoms with Gasteiger partial charge in [-0.2, -0.15) is 0 Å². The first-order valence-electron chi connectivity index (χ1n) is 6.02. The van der Waals surface area contributed by atoms with Crippen molar-refractivity contribution >= 4 is 18.2 Å². The summed E-state index contributed by atoms with van der Waals surface area (Å²) in [6, 6.07) is -0.666. The van der Waals surface area contributed by atoms with Crippen LogP contribution in [0.4, 0.5) is 14.4 Å². The molecule has 0 aromatic heterocycles. The lowest BCUT2D eigenvalue weighted by Gasteiger charge is -2.19. The third-order valence-electron chi connectivity index (χ3n) is 2.42. The van der Waals surface area contributed by atoms with Crippen molar-refractivity contribution in [3.63, 3.8) is 0 Å². The quantitative estimate of drug-likeness (QED) is 0.590. The number of hydrogen-bond donors (Lipinski definition) is 3. The van der Waals surface area contributed by atoms with Crippen LogP contribution in [-0.2, 0) is 4.74 Å². The number of amides is 5. The minimum absolute atomic E-state index is 0.133. The fourth-order valence-corrected chi connectivity index (χ4v) is 1.49. The summed E-state index contributed by atoms with van der Waals surface area (Å²) >= 11 is 0. The Kier molecular flexibility index (Phi) is 5.71. The van der Waals surface area contributed by atoms with Crippen LogP contribution in [0.1, 0.15) is 6.92 Å². The molecular weight excluding hydrogens is 254 g/mol. The van der Waals surface area contributed by atoms with Crippen LogP contribution < -0.4 is 16.1 Å². The van der Waals surface area contributed by atoms with Crippen LogP contribution in [0.3, 0.4) is 0 Å². The average Bonchev–Trinajstić information content (AvgIpc) is 2.75. The molecule has 1 aliphatic heterocycles. The van der Waals surface area contributed by atoms with E-state index < -0.39 is 12.1 Å². The van der Waals surface area contributed by atoms with Crippen molar-refractivity contribution in [2.75, 3.05) is 39.8 Å². The molecule has 108 valence electrons. The fourth-order valence-electron chi connectivity index (χ4n) is 1.49. The van der Waals surface area contributed by atoms with Crippen LogP contribution in [0.25, 0.3) is 0 Å². The van der Waals surface area contributed by atoms with Crippen molar-refractivity contribution < 1.29 is 19.1 Å². The monoisotopic (exact) mass is 273 g/mol. The summed E-state index contributed by atoms with van der Waals surface area (Å²) < 4.78 is 4.69. The number of ether oxygens (including phenoxy) is 1. The SMILES string of the molecule is CCOC(=O)N(C)NC(=O)NCCN1CCNC1=O. The van der Waals surface area contributed by atoms with Gasteiger partial charge in [-0.05, 0) is 6.92 Å². The molecule has 1 saturated heterocycles. The first-order chi connectivity index (χ1) is 9.04. The van der Waals surface area contributed by atoms with Crippen molar-refractivity contribution in [3.05, 3.63) is 0 Å². The number of hydrazine groups is 1. The molecule has 0 spiro atoms. The number of carbonyl (C=O) groups excluding carboxylic acids is 3. The largest absolute Gasteiger partial charge is 0.449 e. The molecule has 1 rings (SSSR count). The Morgan fingerprint density at radius 2 is 2.26 bits per heavy atom. The number of nitrogens with one attached hydrogen (secondary N) is 3. The van der Waals surface area contributed by atoms with E-state index in [-0.39, 0.29) is 12.6 Å². The Hall–Kier alpha value is -2.19. The van der Waals surface area contributed by atoms with Gasteiger partial charge in [0.05, 0.1) is 6.61 Å². The van der Waals surface area contributed by atoms with Gasteiger partial charge in [0, 0.05) is 33.2 Å². The van der Waals surface area contributed by atoms with Gasteiger partial charge in [-0.15, -0.1) is 0 Å². The standard InChI is InChI=1S/C10H19N5O4/c1-3-19-10(18)14(2)13-8(16)11-4-6-15-7-5-12-9(15)17/h3-7H2,1-2H3,(H,12,17)(H2,11,13,16). The maximum absolute atomic E-state index is 11.4. The minimum Gasteiger partial charge on any atom is -0.449 e. The summed E-state index contributed by atoms with van der Waals surface area (Å²) in [6.07, 6.45) is -0.642. The Balaban J connectivity index is 2.17. The first-order valence-corrected chi connectivity index (χ1v) is 6.02. The van der Waals surface area contributed by atoms with Gasteiger partial charge in [0.2, 0.25) is 0 Å². The lowest BCUT2D eigenvalue weighted by molar-refractivity contribution is 0.102. The van der Waals surface area contributed by atoms with Crippen LogP contribution in [0.2, 0.25) is 0 Å². The lowest BCUT2D eigenvalue weighted by atomic mass is 10.5. The second-order valence-corrected chi connectivity index (χ2v) is 3.84. The number of hydrogen-bond acceptors (Lipinski definition) is 4. The molecule has 0 radical (unpaired) electrons. The Labute approximate surface area is 111 Å². The van der Waals surface area contributed by atoms with Crippen LogP contribution >= 0.6 is 0 Å². The average molecular weight is 273 g/mol. The van der Waals surface area contributed by atoms with E-state index in [1.54, 1.807) is 11.8 Å². The minimum atomic E-state index is -0.642. The third kappa shape index (κ3) is 4.90. The van der Waals surface area contributed by atoms with Crippen molar-refractivity contribution in [1.29, 1.82) is 0 Å². The normalized spacial score (nSPS) is 13.8. The highest BCUT2D eigenvalue weighted by molar-refractivity contribution is 5.78. The predicted octanol–water partition coefficient (Wildman–Crippen LogP) is -0.686. The highest BCUT2D eigenvalue weighted by Gasteiger charge is 2.19. The summed E-state index contributed by atoms with van der Waals surface area (Å²) in [7, 11) is 1.38. The van der Waals surface area contributed by atoms with E-state index in [4.69, 9.17) is 0 Å². The molecule has 3 N–H and O–H groups in total. The molecule has 1 heterocycles. The van der Waals surface area contributed by atoms with E-state index in [0.29, 0.717) is 26.2 Å². The first kappa shape index (κ1) is 14.9. The predicted molar refractivity (Wildman–Crippen MR) is 66.3 cm³/mol. The topological polar surface area (TPSA) is 103 Å². The highest BCUT2D eigenvalue weighted by Crippen LogP contribution is 1.94. The van der Waals surface area contributed by atoms with E-state index >= 15 is 0 Å². The molecule has 0 aromatic rings.